The molecule has 168 valence electrons. The van der Waals surface area contributed by atoms with Crippen LogP contribution in [0.1, 0.15) is 55.4 Å². The average Bonchev–Trinajstić information content (AvgIpc) is 3.24. The van der Waals surface area contributed by atoms with E-state index < -0.39 is 28.5 Å². The van der Waals surface area contributed by atoms with Gasteiger partial charge in [-0.3, -0.25) is 9.78 Å². The predicted molar refractivity (Wildman–Crippen MR) is 117 cm³/mol. The minimum absolute atomic E-state index is 0.0295. The highest BCUT2D eigenvalue weighted by atomic mass is 35.5. The summed E-state index contributed by atoms with van der Waals surface area (Å²) < 4.78 is 23.7. The van der Waals surface area contributed by atoms with E-state index in [1.165, 1.54) is 18.5 Å². The molecule has 3 N–H and O–H groups in total. The zero-order chi connectivity index (χ0) is 22.6. The summed E-state index contributed by atoms with van der Waals surface area (Å²) in [5, 5.41) is 21.4. The standard InChI is InChI=1S/C21H26ClN3O5S/c1-31(29,30)19-7-6-14(9-16(19)22)15(8-13-4-2-3-5-13)21(28)25-20-11-23-17(10-24-20)18(27)12-26/h6-7,9-11,13,15,18,26-27H,2-5,8,12H2,1H3,(H,24,25,28)/t15?,18-/m1/s1. The van der Waals surface area contributed by atoms with Crippen LogP contribution in [0.2, 0.25) is 5.02 Å². The van der Waals surface area contributed by atoms with Gasteiger partial charge in [-0.15, -0.1) is 0 Å². The number of nitrogens with one attached hydrogen (secondary N) is 1. The smallest absolute Gasteiger partial charge is 0.233 e. The highest BCUT2D eigenvalue weighted by Crippen LogP contribution is 2.36. The van der Waals surface area contributed by atoms with E-state index >= 15 is 0 Å². The Bertz CT molecular complexity index is 1020. The van der Waals surface area contributed by atoms with Crippen molar-refractivity contribution in [3.63, 3.8) is 0 Å². The Morgan fingerprint density at radius 3 is 2.52 bits per heavy atom. The third-order valence-corrected chi connectivity index (χ3v) is 7.14. The Morgan fingerprint density at radius 1 is 1.26 bits per heavy atom. The van der Waals surface area contributed by atoms with Crippen LogP contribution in [0.4, 0.5) is 5.82 Å². The molecule has 1 amide bonds. The maximum Gasteiger partial charge on any atom is 0.233 e. The number of carbonyl (C=O) groups excluding carboxylic acids is 1. The second-order valence-corrected chi connectivity index (χ2v) is 10.3. The van der Waals surface area contributed by atoms with Crippen LogP contribution in [0.15, 0.2) is 35.5 Å². The van der Waals surface area contributed by atoms with Crippen molar-refractivity contribution < 1.29 is 23.4 Å². The fourth-order valence-electron chi connectivity index (χ4n) is 3.89. The zero-order valence-electron chi connectivity index (χ0n) is 17.2. The number of rotatable bonds is 8. The van der Waals surface area contributed by atoms with Crippen LogP contribution >= 0.6 is 11.6 Å². The predicted octanol–water partition coefficient (Wildman–Crippen LogP) is 2.86. The number of carbonyl (C=O) groups is 1. The number of hydrogen-bond donors (Lipinski definition) is 3. The van der Waals surface area contributed by atoms with Crippen molar-refractivity contribution in [3.05, 3.63) is 46.9 Å². The molecule has 31 heavy (non-hydrogen) atoms. The molecule has 0 aliphatic heterocycles. The normalized spacial score (nSPS) is 16.8. The highest BCUT2D eigenvalue weighted by Gasteiger charge is 2.28. The van der Waals surface area contributed by atoms with E-state index in [9.17, 15) is 18.3 Å². The number of aromatic nitrogens is 2. The summed E-state index contributed by atoms with van der Waals surface area (Å²) in [5.41, 5.74) is 0.841. The van der Waals surface area contributed by atoms with Gasteiger partial charge in [0.1, 0.15) is 6.10 Å². The van der Waals surface area contributed by atoms with Gasteiger partial charge in [0.2, 0.25) is 5.91 Å². The first-order chi connectivity index (χ1) is 14.7. The largest absolute Gasteiger partial charge is 0.393 e. The molecule has 1 fully saturated rings. The van der Waals surface area contributed by atoms with E-state index in [0.29, 0.717) is 17.9 Å². The van der Waals surface area contributed by atoms with E-state index in [2.05, 4.69) is 15.3 Å². The number of aliphatic hydroxyl groups excluding tert-OH is 2. The molecule has 1 heterocycles. The fraction of sp³-hybridized carbons (Fsp3) is 0.476. The van der Waals surface area contributed by atoms with Crippen LogP contribution in [-0.2, 0) is 14.6 Å². The van der Waals surface area contributed by atoms with Crippen molar-refractivity contribution in [1.29, 1.82) is 0 Å². The first kappa shape index (κ1) is 23.6. The molecule has 1 saturated carbocycles. The van der Waals surface area contributed by atoms with Crippen LogP contribution in [0.3, 0.4) is 0 Å². The first-order valence-electron chi connectivity index (χ1n) is 10.1. The van der Waals surface area contributed by atoms with E-state index in [1.54, 1.807) is 12.1 Å². The maximum absolute atomic E-state index is 13.1. The van der Waals surface area contributed by atoms with E-state index in [4.69, 9.17) is 16.7 Å². The van der Waals surface area contributed by atoms with Crippen molar-refractivity contribution in [1.82, 2.24) is 9.97 Å². The molecule has 2 atom stereocenters. The molecule has 1 unspecified atom stereocenters. The molecule has 8 nitrogen and oxygen atoms in total. The lowest BCUT2D eigenvalue weighted by Crippen LogP contribution is -2.24. The molecule has 0 bridgehead atoms. The minimum Gasteiger partial charge on any atom is -0.393 e. The van der Waals surface area contributed by atoms with Crippen molar-refractivity contribution in [2.75, 3.05) is 18.2 Å². The quantitative estimate of drug-likeness (QED) is 0.544. The summed E-state index contributed by atoms with van der Waals surface area (Å²) in [4.78, 5) is 21.3. The van der Waals surface area contributed by atoms with Crippen LogP contribution in [0.25, 0.3) is 0 Å². The number of hydrogen-bond acceptors (Lipinski definition) is 7. The molecule has 1 aromatic heterocycles. The van der Waals surface area contributed by atoms with E-state index in [0.717, 1.165) is 31.9 Å². The maximum atomic E-state index is 13.1. The number of aliphatic hydroxyl groups is 2. The second-order valence-electron chi connectivity index (χ2n) is 7.91. The highest BCUT2D eigenvalue weighted by molar-refractivity contribution is 7.90. The van der Waals surface area contributed by atoms with Crippen molar-refractivity contribution in [2.24, 2.45) is 5.92 Å². The van der Waals surface area contributed by atoms with Gasteiger partial charge in [0, 0.05) is 6.26 Å². The molecule has 0 spiro atoms. The fourth-order valence-corrected chi connectivity index (χ4v) is 5.23. The lowest BCUT2D eigenvalue weighted by molar-refractivity contribution is -0.118. The summed E-state index contributed by atoms with van der Waals surface area (Å²) in [7, 11) is -3.47. The van der Waals surface area contributed by atoms with Crippen molar-refractivity contribution in [3.8, 4) is 0 Å². The average molecular weight is 468 g/mol. The Hall–Kier alpha value is -2.07. The topological polar surface area (TPSA) is 129 Å². The monoisotopic (exact) mass is 467 g/mol. The number of halogens is 1. The molecule has 3 rings (SSSR count). The molecule has 0 radical (unpaired) electrons. The molecule has 1 aliphatic rings. The third kappa shape index (κ3) is 6.00. The van der Waals surface area contributed by atoms with Crippen LogP contribution in [0, 0.1) is 5.92 Å². The second kappa shape index (κ2) is 10.0. The number of benzene rings is 1. The van der Waals surface area contributed by atoms with Gasteiger partial charge in [0.25, 0.3) is 0 Å². The van der Waals surface area contributed by atoms with Crippen molar-refractivity contribution >= 4 is 33.2 Å². The minimum atomic E-state index is -3.47. The SMILES string of the molecule is CS(=O)(=O)c1ccc(C(CC2CCCC2)C(=O)Nc2cnc([C@H](O)CO)cn2)cc1Cl. The number of nitrogens with zero attached hydrogens (tertiary/aromatic N) is 2. The molecule has 10 heteroatoms. The molecule has 1 aliphatic carbocycles. The lowest BCUT2D eigenvalue weighted by atomic mass is 9.87. The summed E-state index contributed by atoms with van der Waals surface area (Å²) in [6, 6.07) is 4.62. The molecule has 2 aromatic rings. The Labute approximate surface area is 186 Å². The molecule has 1 aromatic carbocycles. The molecular formula is C21H26ClN3O5S. The van der Waals surface area contributed by atoms with Gasteiger partial charge in [-0.1, -0.05) is 43.4 Å². The van der Waals surface area contributed by atoms with Gasteiger partial charge in [-0.2, -0.15) is 0 Å². The van der Waals surface area contributed by atoms with Crippen molar-refractivity contribution in [2.45, 2.75) is 49.0 Å². The summed E-state index contributed by atoms with van der Waals surface area (Å²) in [5.74, 6) is -0.204. The Balaban J connectivity index is 1.84. The zero-order valence-corrected chi connectivity index (χ0v) is 18.7. The number of amides is 1. The molecular weight excluding hydrogens is 442 g/mol. The van der Waals surface area contributed by atoms with Gasteiger partial charge >= 0.3 is 0 Å². The van der Waals surface area contributed by atoms with Crippen LogP contribution in [0.5, 0.6) is 0 Å². The van der Waals surface area contributed by atoms with Crippen LogP contribution in [-0.4, -0.2) is 47.4 Å². The van der Waals surface area contributed by atoms with Gasteiger partial charge in [-0.05, 0) is 30.0 Å². The summed E-state index contributed by atoms with van der Waals surface area (Å²) >= 11 is 6.22. The van der Waals surface area contributed by atoms with E-state index in [-0.39, 0.29) is 27.3 Å². The molecule has 0 saturated heterocycles. The first-order valence-corrected chi connectivity index (χ1v) is 12.4. The number of anilines is 1. The van der Waals surface area contributed by atoms with Crippen LogP contribution < -0.4 is 5.32 Å². The Morgan fingerprint density at radius 2 is 1.97 bits per heavy atom. The van der Waals surface area contributed by atoms with Gasteiger partial charge < -0.3 is 15.5 Å². The van der Waals surface area contributed by atoms with Gasteiger partial charge in [0.05, 0.1) is 40.5 Å². The van der Waals surface area contributed by atoms with E-state index in [1.807, 2.05) is 0 Å². The van der Waals surface area contributed by atoms with Gasteiger partial charge in [-0.25, -0.2) is 13.4 Å². The Kier molecular flexibility index (Phi) is 7.64. The summed E-state index contributed by atoms with van der Waals surface area (Å²) in [6.45, 7) is -0.478. The lowest BCUT2D eigenvalue weighted by Gasteiger charge is -2.21. The number of sulfone groups is 1. The summed E-state index contributed by atoms with van der Waals surface area (Å²) in [6.07, 6.45) is 7.54. The third-order valence-electron chi connectivity index (χ3n) is 5.56. The van der Waals surface area contributed by atoms with Gasteiger partial charge in [0.15, 0.2) is 15.7 Å².